The Bertz CT molecular complexity index is 1040. The van der Waals surface area contributed by atoms with Gasteiger partial charge in [-0.05, 0) is 59.7 Å². The van der Waals surface area contributed by atoms with E-state index < -0.39 is 6.10 Å². The van der Waals surface area contributed by atoms with E-state index in [1.54, 1.807) is 14.2 Å². The molecule has 1 heterocycles. The first-order valence-electron chi connectivity index (χ1n) is 10.8. The van der Waals surface area contributed by atoms with Gasteiger partial charge in [0.1, 0.15) is 30.0 Å². The molecule has 7 heteroatoms. The molecule has 174 valence electrons. The Morgan fingerprint density at radius 2 is 1.52 bits per heavy atom. The summed E-state index contributed by atoms with van der Waals surface area (Å²) in [4.78, 5) is 2.17. The highest BCUT2D eigenvalue weighted by Crippen LogP contribution is 2.33. The summed E-state index contributed by atoms with van der Waals surface area (Å²) in [6.45, 7) is 2.14. The first-order valence-corrected chi connectivity index (χ1v) is 10.8. The van der Waals surface area contributed by atoms with Crippen LogP contribution in [-0.4, -0.2) is 50.3 Å². The highest BCUT2D eigenvalue weighted by Gasteiger charge is 2.17. The zero-order valence-electron chi connectivity index (χ0n) is 18.9. The molecule has 0 spiro atoms. The average molecular weight is 452 g/mol. The highest BCUT2D eigenvalue weighted by molar-refractivity contribution is 5.44. The molecule has 3 aromatic rings. The van der Waals surface area contributed by atoms with Crippen molar-refractivity contribution in [3.8, 4) is 28.7 Å². The number of fused-ring (bicyclic) bond motifs is 1. The van der Waals surface area contributed by atoms with Gasteiger partial charge in [-0.2, -0.15) is 0 Å². The van der Waals surface area contributed by atoms with E-state index in [0.717, 1.165) is 34.1 Å². The van der Waals surface area contributed by atoms with Gasteiger partial charge in [-0.15, -0.1) is 0 Å². The zero-order chi connectivity index (χ0) is 23.0. The first-order chi connectivity index (χ1) is 16.1. The second-order valence-corrected chi connectivity index (χ2v) is 7.85. The van der Waals surface area contributed by atoms with Crippen LogP contribution in [0.2, 0.25) is 0 Å². The fourth-order valence-electron chi connectivity index (χ4n) is 3.73. The summed E-state index contributed by atoms with van der Waals surface area (Å²) in [5.74, 6) is 3.75. The van der Waals surface area contributed by atoms with E-state index in [2.05, 4.69) is 11.0 Å². The number of hydrogen-bond acceptors (Lipinski definition) is 7. The minimum absolute atomic E-state index is 0.183. The van der Waals surface area contributed by atoms with E-state index in [1.807, 2.05) is 60.7 Å². The summed E-state index contributed by atoms with van der Waals surface area (Å²) >= 11 is 0. The van der Waals surface area contributed by atoms with E-state index in [9.17, 15) is 5.11 Å². The summed E-state index contributed by atoms with van der Waals surface area (Å²) in [7, 11) is 3.28. The van der Waals surface area contributed by atoms with Crippen molar-refractivity contribution < 1.29 is 28.8 Å². The maximum atomic E-state index is 10.7. The lowest BCUT2D eigenvalue weighted by Gasteiger charge is -2.25. The molecule has 1 aliphatic rings. The summed E-state index contributed by atoms with van der Waals surface area (Å²) in [6.07, 6.45) is -0.674. The molecule has 0 aromatic heterocycles. The topological polar surface area (TPSA) is 69.6 Å². The SMILES string of the molecule is COc1ccc(OCC(O)CN(Cc2cccc(OC)c2)Cc2ccc3c(c2)OCO3)cc1. The molecule has 0 fully saturated rings. The van der Waals surface area contributed by atoms with E-state index in [1.165, 1.54) is 0 Å². The maximum absolute atomic E-state index is 10.7. The molecule has 0 saturated heterocycles. The number of aliphatic hydroxyl groups is 1. The van der Waals surface area contributed by atoms with Gasteiger partial charge in [0.2, 0.25) is 6.79 Å². The van der Waals surface area contributed by atoms with Crippen molar-refractivity contribution in [2.75, 3.05) is 34.2 Å². The zero-order valence-corrected chi connectivity index (χ0v) is 18.9. The Labute approximate surface area is 194 Å². The second kappa shape index (κ2) is 10.9. The fraction of sp³-hybridized carbons (Fsp3) is 0.308. The predicted molar refractivity (Wildman–Crippen MR) is 124 cm³/mol. The van der Waals surface area contributed by atoms with Crippen LogP contribution in [-0.2, 0) is 13.1 Å². The van der Waals surface area contributed by atoms with Gasteiger partial charge in [0.05, 0.1) is 14.2 Å². The van der Waals surface area contributed by atoms with Crippen molar-refractivity contribution in [1.29, 1.82) is 0 Å². The minimum atomic E-state index is -0.674. The van der Waals surface area contributed by atoms with Gasteiger partial charge in [0.15, 0.2) is 11.5 Å². The highest BCUT2D eigenvalue weighted by atomic mass is 16.7. The largest absolute Gasteiger partial charge is 0.497 e. The van der Waals surface area contributed by atoms with E-state index in [-0.39, 0.29) is 13.4 Å². The van der Waals surface area contributed by atoms with Crippen LogP contribution in [0.15, 0.2) is 66.7 Å². The Kier molecular flexibility index (Phi) is 7.55. The van der Waals surface area contributed by atoms with Crippen molar-refractivity contribution in [3.05, 3.63) is 77.9 Å². The molecule has 0 saturated carbocycles. The lowest BCUT2D eigenvalue weighted by atomic mass is 10.1. The monoisotopic (exact) mass is 451 g/mol. The summed E-state index contributed by atoms with van der Waals surface area (Å²) < 4.78 is 27.2. The van der Waals surface area contributed by atoms with Crippen molar-refractivity contribution >= 4 is 0 Å². The molecule has 1 atom stereocenters. The van der Waals surface area contributed by atoms with E-state index in [0.29, 0.717) is 25.4 Å². The molecule has 0 amide bonds. The van der Waals surface area contributed by atoms with Crippen molar-refractivity contribution in [2.45, 2.75) is 19.2 Å². The molecule has 4 rings (SSSR count). The molecule has 7 nitrogen and oxygen atoms in total. The molecule has 0 bridgehead atoms. The summed E-state index contributed by atoms with van der Waals surface area (Å²) in [5.41, 5.74) is 2.17. The molecular formula is C26H29NO6. The number of methoxy groups -OCH3 is 2. The number of aliphatic hydroxyl groups excluding tert-OH is 1. The molecule has 0 radical (unpaired) electrons. The Balaban J connectivity index is 1.42. The van der Waals surface area contributed by atoms with Gasteiger partial charge >= 0.3 is 0 Å². The number of rotatable bonds is 11. The van der Waals surface area contributed by atoms with Gasteiger partial charge in [0, 0.05) is 19.6 Å². The number of ether oxygens (including phenoxy) is 5. The summed E-state index contributed by atoms with van der Waals surface area (Å²) in [5, 5.41) is 10.7. The van der Waals surface area contributed by atoms with Crippen LogP contribution in [0, 0.1) is 0 Å². The smallest absolute Gasteiger partial charge is 0.231 e. The average Bonchev–Trinajstić information content (AvgIpc) is 3.31. The van der Waals surface area contributed by atoms with E-state index >= 15 is 0 Å². The third kappa shape index (κ3) is 6.31. The quantitative estimate of drug-likeness (QED) is 0.475. The van der Waals surface area contributed by atoms with Crippen LogP contribution in [0.25, 0.3) is 0 Å². The normalized spacial score (nSPS) is 13.1. The van der Waals surface area contributed by atoms with Crippen LogP contribution in [0.3, 0.4) is 0 Å². The molecule has 33 heavy (non-hydrogen) atoms. The van der Waals surface area contributed by atoms with E-state index in [4.69, 9.17) is 23.7 Å². The standard InChI is InChI=1S/C26H29NO6/c1-29-22-7-9-23(10-8-22)31-17-21(28)16-27(14-19-4-3-5-24(12-19)30-2)15-20-6-11-25-26(13-20)33-18-32-25/h3-13,21,28H,14-18H2,1-2H3. The fourth-order valence-corrected chi connectivity index (χ4v) is 3.73. The van der Waals surface area contributed by atoms with Crippen LogP contribution in [0.1, 0.15) is 11.1 Å². The second-order valence-electron chi connectivity index (χ2n) is 7.85. The summed E-state index contributed by atoms with van der Waals surface area (Å²) in [6, 6.07) is 21.2. The molecule has 1 aliphatic heterocycles. The Morgan fingerprint density at radius 1 is 0.818 bits per heavy atom. The van der Waals surface area contributed by atoms with Gasteiger partial charge in [0.25, 0.3) is 0 Å². The molecule has 0 aliphatic carbocycles. The molecule has 3 aromatic carbocycles. The number of hydrogen-bond donors (Lipinski definition) is 1. The van der Waals surface area contributed by atoms with Crippen LogP contribution in [0.5, 0.6) is 28.7 Å². The lowest BCUT2D eigenvalue weighted by molar-refractivity contribution is 0.0628. The Hall–Kier alpha value is -3.42. The maximum Gasteiger partial charge on any atom is 0.231 e. The predicted octanol–water partition coefficient (Wildman–Crippen LogP) is 3.87. The molecule has 1 unspecified atom stereocenters. The third-order valence-corrected chi connectivity index (χ3v) is 5.35. The number of nitrogens with zero attached hydrogens (tertiary/aromatic N) is 1. The van der Waals surface area contributed by atoms with Crippen LogP contribution >= 0.6 is 0 Å². The van der Waals surface area contributed by atoms with Gasteiger partial charge in [-0.1, -0.05) is 18.2 Å². The lowest BCUT2D eigenvalue weighted by Crippen LogP contribution is -2.35. The Morgan fingerprint density at radius 3 is 2.27 bits per heavy atom. The van der Waals surface area contributed by atoms with Gasteiger partial charge < -0.3 is 28.8 Å². The molecular weight excluding hydrogens is 422 g/mol. The van der Waals surface area contributed by atoms with Crippen LogP contribution in [0.4, 0.5) is 0 Å². The van der Waals surface area contributed by atoms with Gasteiger partial charge in [-0.25, -0.2) is 0 Å². The van der Waals surface area contributed by atoms with Gasteiger partial charge in [-0.3, -0.25) is 4.90 Å². The van der Waals surface area contributed by atoms with Crippen molar-refractivity contribution in [3.63, 3.8) is 0 Å². The molecule has 1 N–H and O–H groups in total. The third-order valence-electron chi connectivity index (χ3n) is 5.35. The van der Waals surface area contributed by atoms with Crippen molar-refractivity contribution in [2.24, 2.45) is 0 Å². The minimum Gasteiger partial charge on any atom is -0.497 e. The van der Waals surface area contributed by atoms with Crippen molar-refractivity contribution in [1.82, 2.24) is 4.90 Å². The first kappa shape index (κ1) is 22.8. The van der Waals surface area contributed by atoms with Crippen LogP contribution < -0.4 is 23.7 Å². The number of benzene rings is 3.